The first kappa shape index (κ1) is 19.5. The number of carbonyl (C=O) groups is 1. The van der Waals surface area contributed by atoms with Gasteiger partial charge in [-0.2, -0.15) is 0 Å². The second kappa shape index (κ2) is 8.68. The van der Waals surface area contributed by atoms with E-state index in [2.05, 4.69) is 20.9 Å². The number of hydrogen-bond acceptors (Lipinski definition) is 3. The minimum absolute atomic E-state index is 0.129. The third-order valence-electron chi connectivity index (χ3n) is 5.27. The molecule has 150 valence electrons. The molecule has 1 unspecified atom stereocenters. The number of urea groups is 1. The topological polar surface area (TPSA) is 86.0 Å². The summed E-state index contributed by atoms with van der Waals surface area (Å²) in [4.78, 5) is 29.0. The summed E-state index contributed by atoms with van der Waals surface area (Å²) in [5.41, 5.74) is 1.85. The van der Waals surface area contributed by atoms with Crippen molar-refractivity contribution in [3.63, 3.8) is 0 Å². The quantitative estimate of drug-likeness (QED) is 0.532. The van der Waals surface area contributed by atoms with E-state index in [-0.39, 0.29) is 17.5 Å². The molecule has 1 aliphatic heterocycles. The number of rotatable bonds is 4. The first-order chi connectivity index (χ1) is 14.1. The molecule has 6 nitrogen and oxygen atoms in total. The predicted molar refractivity (Wildman–Crippen MR) is 115 cm³/mol. The van der Waals surface area contributed by atoms with Gasteiger partial charge in [-0.1, -0.05) is 41.9 Å². The van der Waals surface area contributed by atoms with Crippen LogP contribution in [0.5, 0.6) is 0 Å². The molecule has 2 aromatic carbocycles. The SMILES string of the molecule is O=C(NC1CCNCC1)NC(c1ccccc1)c1c[nH]c2cc(Cl)ccc2c1=O. The second-order valence-corrected chi connectivity index (χ2v) is 7.69. The molecule has 1 saturated heterocycles. The van der Waals surface area contributed by atoms with Gasteiger partial charge in [0.2, 0.25) is 0 Å². The van der Waals surface area contributed by atoms with Crippen LogP contribution in [0.3, 0.4) is 0 Å². The van der Waals surface area contributed by atoms with Gasteiger partial charge >= 0.3 is 6.03 Å². The van der Waals surface area contributed by atoms with E-state index < -0.39 is 6.04 Å². The first-order valence-electron chi connectivity index (χ1n) is 9.75. The summed E-state index contributed by atoms with van der Waals surface area (Å²) in [7, 11) is 0. The molecule has 1 fully saturated rings. The zero-order chi connectivity index (χ0) is 20.2. The van der Waals surface area contributed by atoms with E-state index in [9.17, 15) is 9.59 Å². The van der Waals surface area contributed by atoms with Gasteiger partial charge in [0.15, 0.2) is 5.43 Å². The Morgan fingerprint density at radius 1 is 1.10 bits per heavy atom. The number of piperidine rings is 1. The van der Waals surface area contributed by atoms with E-state index in [4.69, 9.17) is 11.6 Å². The standard InChI is InChI=1S/C22H23ClN4O2/c23-15-6-7-17-19(12-15)25-13-18(21(17)28)20(14-4-2-1-3-5-14)27-22(29)26-16-8-10-24-11-9-16/h1-7,12-13,16,20,24H,8-11H2,(H,25,28)(H2,26,27,29). The van der Waals surface area contributed by atoms with Gasteiger partial charge in [0.05, 0.1) is 11.6 Å². The number of nitrogens with one attached hydrogen (secondary N) is 4. The van der Waals surface area contributed by atoms with E-state index in [1.165, 1.54) is 0 Å². The van der Waals surface area contributed by atoms with Crippen LogP contribution in [0, 0.1) is 0 Å². The van der Waals surface area contributed by atoms with Gasteiger partial charge < -0.3 is 20.9 Å². The number of benzene rings is 2. The van der Waals surface area contributed by atoms with Crippen molar-refractivity contribution in [2.45, 2.75) is 24.9 Å². The normalized spacial score (nSPS) is 15.8. The summed E-state index contributed by atoms with van der Waals surface area (Å²) in [5.74, 6) is 0. The molecule has 0 aliphatic carbocycles. The molecule has 3 aromatic rings. The van der Waals surface area contributed by atoms with Crippen molar-refractivity contribution in [2.24, 2.45) is 0 Å². The van der Waals surface area contributed by atoms with E-state index in [1.54, 1.807) is 24.4 Å². The number of aromatic amines is 1. The summed E-state index contributed by atoms with van der Waals surface area (Å²) in [6.07, 6.45) is 3.44. The third-order valence-corrected chi connectivity index (χ3v) is 5.50. The van der Waals surface area contributed by atoms with Crippen LogP contribution in [-0.2, 0) is 0 Å². The Labute approximate surface area is 173 Å². The summed E-state index contributed by atoms with van der Waals surface area (Å²) in [6, 6.07) is 13.9. The Morgan fingerprint density at radius 3 is 2.62 bits per heavy atom. The molecule has 4 rings (SSSR count). The number of pyridine rings is 1. The number of amides is 2. The summed E-state index contributed by atoms with van der Waals surface area (Å²) in [6.45, 7) is 1.78. The molecule has 4 N–H and O–H groups in total. The number of fused-ring (bicyclic) bond motifs is 1. The van der Waals surface area contributed by atoms with E-state index in [0.717, 1.165) is 31.5 Å². The van der Waals surface area contributed by atoms with Gasteiger partial charge in [0.25, 0.3) is 0 Å². The molecule has 0 radical (unpaired) electrons. The molecule has 1 aromatic heterocycles. The Hall–Kier alpha value is -2.83. The molecule has 29 heavy (non-hydrogen) atoms. The van der Waals surface area contributed by atoms with Crippen LogP contribution in [0.25, 0.3) is 10.9 Å². The lowest BCUT2D eigenvalue weighted by Gasteiger charge is -2.26. The molecule has 0 spiro atoms. The van der Waals surface area contributed by atoms with Crippen LogP contribution in [0.15, 0.2) is 59.5 Å². The number of H-pyrrole nitrogens is 1. The van der Waals surface area contributed by atoms with Gasteiger partial charge in [-0.05, 0) is 49.7 Å². The van der Waals surface area contributed by atoms with E-state index >= 15 is 0 Å². The summed E-state index contributed by atoms with van der Waals surface area (Å²) < 4.78 is 0. The van der Waals surface area contributed by atoms with Gasteiger partial charge in [0.1, 0.15) is 0 Å². The zero-order valence-electron chi connectivity index (χ0n) is 15.9. The van der Waals surface area contributed by atoms with Crippen LogP contribution in [0.2, 0.25) is 5.02 Å². The fourth-order valence-corrected chi connectivity index (χ4v) is 3.91. The monoisotopic (exact) mass is 410 g/mol. The van der Waals surface area contributed by atoms with Crippen LogP contribution >= 0.6 is 11.6 Å². The first-order valence-corrected chi connectivity index (χ1v) is 10.1. The highest BCUT2D eigenvalue weighted by molar-refractivity contribution is 6.31. The Bertz CT molecular complexity index is 1060. The highest BCUT2D eigenvalue weighted by Gasteiger charge is 2.23. The molecule has 2 amide bonds. The van der Waals surface area contributed by atoms with Crippen LogP contribution in [0.1, 0.15) is 30.0 Å². The largest absolute Gasteiger partial charge is 0.361 e. The van der Waals surface area contributed by atoms with Crippen molar-refractivity contribution in [1.82, 2.24) is 20.9 Å². The second-order valence-electron chi connectivity index (χ2n) is 7.25. The van der Waals surface area contributed by atoms with Crippen molar-refractivity contribution < 1.29 is 4.79 Å². The fourth-order valence-electron chi connectivity index (χ4n) is 3.74. The maximum absolute atomic E-state index is 13.2. The maximum Gasteiger partial charge on any atom is 0.315 e. The highest BCUT2D eigenvalue weighted by Crippen LogP contribution is 2.22. The number of aromatic nitrogens is 1. The lowest BCUT2D eigenvalue weighted by Crippen LogP contribution is -2.48. The third kappa shape index (κ3) is 4.44. The molecular weight excluding hydrogens is 388 g/mol. The lowest BCUT2D eigenvalue weighted by molar-refractivity contribution is 0.231. The number of halogens is 1. The Kier molecular flexibility index (Phi) is 5.83. The van der Waals surface area contributed by atoms with Crippen molar-refractivity contribution in [1.29, 1.82) is 0 Å². The molecule has 0 bridgehead atoms. The molecule has 7 heteroatoms. The average molecular weight is 411 g/mol. The molecule has 1 atom stereocenters. The molecular formula is C22H23ClN4O2. The van der Waals surface area contributed by atoms with E-state index in [1.807, 2.05) is 30.3 Å². The van der Waals surface area contributed by atoms with Crippen molar-refractivity contribution >= 4 is 28.5 Å². The maximum atomic E-state index is 13.2. The van der Waals surface area contributed by atoms with Gasteiger partial charge in [0, 0.05) is 28.2 Å². The van der Waals surface area contributed by atoms with Crippen molar-refractivity contribution in [3.8, 4) is 0 Å². The van der Waals surface area contributed by atoms with Gasteiger partial charge in [-0.15, -0.1) is 0 Å². The van der Waals surface area contributed by atoms with E-state index in [0.29, 0.717) is 21.5 Å². The molecule has 0 saturated carbocycles. The van der Waals surface area contributed by atoms with Gasteiger partial charge in [-0.25, -0.2) is 4.79 Å². The minimum Gasteiger partial charge on any atom is -0.361 e. The fraction of sp³-hybridized carbons (Fsp3) is 0.273. The lowest BCUT2D eigenvalue weighted by atomic mass is 9.98. The highest BCUT2D eigenvalue weighted by atomic mass is 35.5. The predicted octanol–water partition coefficient (Wildman–Crippen LogP) is 3.32. The van der Waals surface area contributed by atoms with Crippen molar-refractivity contribution in [3.05, 3.63) is 81.1 Å². The van der Waals surface area contributed by atoms with Crippen LogP contribution in [-0.4, -0.2) is 30.1 Å². The summed E-state index contributed by atoms with van der Waals surface area (Å²) in [5, 5.41) is 10.4. The van der Waals surface area contributed by atoms with Crippen molar-refractivity contribution in [2.75, 3.05) is 13.1 Å². The Morgan fingerprint density at radius 2 is 1.86 bits per heavy atom. The molecule has 2 heterocycles. The Balaban J connectivity index is 1.67. The average Bonchev–Trinajstić information content (AvgIpc) is 2.74. The smallest absolute Gasteiger partial charge is 0.315 e. The van der Waals surface area contributed by atoms with Crippen LogP contribution < -0.4 is 21.4 Å². The van der Waals surface area contributed by atoms with Gasteiger partial charge in [-0.3, -0.25) is 4.79 Å². The minimum atomic E-state index is -0.568. The molecule has 1 aliphatic rings. The summed E-state index contributed by atoms with van der Waals surface area (Å²) >= 11 is 6.04. The zero-order valence-corrected chi connectivity index (χ0v) is 16.6. The van der Waals surface area contributed by atoms with Crippen LogP contribution in [0.4, 0.5) is 4.79 Å². The number of carbonyl (C=O) groups excluding carboxylic acids is 1. The number of hydrogen-bond donors (Lipinski definition) is 4.